The zero-order valence-electron chi connectivity index (χ0n) is 10.5. The molecule has 0 atom stereocenters. The first-order valence-corrected chi connectivity index (χ1v) is 8.69. The lowest BCUT2D eigenvalue weighted by Gasteiger charge is -2.17. The summed E-state index contributed by atoms with van der Waals surface area (Å²) in [6.45, 7) is 0.0888. The summed E-state index contributed by atoms with van der Waals surface area (Å²) in [7, 11) is -3.58. The van der Waals surface area contributed by atoms with Gasteiger partial charge in [0.2, 0.25) is 0 Å². The van der Waals surface area contributed by atoms with Crippen LogP contribution in [0.4, 0.5) is 5.69 Å². The van der Waals surface area contributed by atoms with Gasteiger partial charge in [0, 0.05) is 16.9 Å². The summed E-state index contributed by atoms with van der Waals surface area (Å²) in [6, 6.07) is 10.8. The number of rotatable bonds is 2. The van der Waals surface area contributed by atoms with Crippen LogP contribution in [0.15, 0.2) is 41.3 Å². The predicted octanol–water partition coefficient (Wildman–Crippen LogP) is 3.05. The van der Waals surface area contributed by atoms with Crippen molar-refractivity contribution in [2.45, 2.75) is 11.4 Å². The first kappa shape index (κ1) is 13.0. The fourth-order valence-electron chi connectivity index (χ4n) is 2.56. The fraction of sp³-hybridized carbons (Fsp3) is 0.0769. The molecule has 4 rings (SSSR count). The summed E-state index contributed by atoms with van der Waals surface area (Å²) in [5, 5.41) is 5.55. The Balaban J connectivity index is 1.95. The van der Waals surface area contributed by atoms with Gasteiger partial charge < -0.3 is 0 Å². The first-order chi connectivity index (χ1) is 10.1. The lowest BCUT2D eigenvalue weighted by Crippen LogP contribution is -2.26. The minimum Gasteiger partial charge on any atom is -0.259 e. The molecule has 0 spiro atoms. The number of hydrogen-bond donors (Lipinski definition) is 0. The highest BCUT2D eigenvalue weighted by atomic mass is 35.5. The van der Waals surface area contributed by atoms with E-state index >= 15 is 0 Å². The highest BCUT2D eigenvalue weighted by Gasteiger charge is 2.36. The molecule has 1 aliphatic heterocycles. The fourth-order valence-corrected chi connectivity index (χ4v) is 4.84. The van der Waals surface area contributed by atoms with Crippen molar-refractivity contribution in [2.75, 3.05) is 4.31 Å². The maximum atomic E-state index is 12.7. The molecule has 0 fully saturated rings. The minimum atomic E-state index is -3.58. The Morgan fingerprint density at radius 2 is 1.95 bits per heavy atom. The van der Waals surface area contributed by atoms with E-state index in [0.29, 0.717) is 20.6 Å². The SMILES string of the molecule is O=S1(=O)c2cccc3cccc(c23)N1Cc1nnsc1Cl. The lowest BCUT2D eigenvalue weighted by atomic mass is 10.1. The summed E-state index contributed by atoms with van der Waals surface area (Å²) in [4.78, 5) is 0.329. The third-order valence-corrected chi connectivity index (χ3v) is 6.27. The minimum absolute atomic E-state index is 0.0888. The molecule has 3 aromatic rings. The summed E-state index contributed by atoms with van der Waals surface area (Å²) in [5.41, 5.74) is 1.13. The van der Waals surface area contributed by atoms with Crippen LogP contribution in [-0.4, -0.2) is 18.0 Å². The number of hydrogen-bond acceptors (Lipinski definition) is 5. The highest BCUT2D eigenvalue weighted by Crippen LogP contribution is 2.43. The normalized spacial score (nSPS) is 15.8. The molecule has 2 aromatic carbocycles. The van der Waals surface area contributed by atoms with E-state index in [9.17, 15) is 8.42 Å². The van der Waals surface area contributed by atoms with Gasteiger partial charge in [-0.25, -0.2) is 8.42 Å². The molecule has 8 heteroatoms. The second-order valence-corrected chi connectivity index (χ2v) is 7.82. The number of benzene rings is 2. The number of aromatic nitrogens is 2. The molecule has 0 N–H and O–H groups in total. The van der Waals surface area contributed by atoms with E-state index in [1.54, 1.807) is 18.2 Å². The number of sulfonamides is 1. The molecule has 0 radical (unpaired) electrons. The van der Waals surface area contributed by atoms with Crippen LogP contribution in [0.3, 0.4) is 0 Å². The Kier molecular flexibility index (Phi) is 2.72. The van der Waals surface area contributed by atoms with Crippen molar-refractivity contribution in [2.24, 2.45) is 0 Å². The molecule has 0 unspecified atom stereocenters. The van der Waals surface area contributed by atoms with Gasteiger partial charge in [0.05, 0.1) is 17.1 Å². The standard InChI is InChI=1S/C13H8ClN3O2S2/c14-13-9(15-16-20-13)7-17-10-5-1-3-8-4-2-6-11(12(8)10)21(17,18)19/h1-6H,7H2. The van der Waals surface area contributed by atoms with Crippen molar-refractivity contribution in [3.63, 3.8) is 0 Å². The average molecular weight is 338 g/mol. The van der Waals surface area contributed by atoms with Gasteiger partial charge in [0.1, 0.15) is 10.0 Å². The molecule has 2 heterocycles. The van der Waals surface area contributed by atoms with Crippen molar-refractivity contribution in [3.8, 4) is 0 Å². The van der Waals surface area contributed by atoms with Crippen LogP contribution in [-0.2, 0) is 16.6 Å². The van der Waals surface area contributed by atoms with Crippen LogP contribution >= 0.6 is 23.1 Å². The van der Waals surface area contributed by atoms with Crippen LogP contribution in [0.25, 0.3) is 10.8 Å². The largest absolute Gasteiger partial charge is 0.265 e. The Bertz CT molecular complexity index is 963. The lowest BCUT2D eigenvalue weighted by molar-refractivity contribution is 0.593. The monoisotopic (exact) mass is 337 g/mol. The van der Waals surface area contributed by atoms with E-state index in [1.807, 2.05) is 18.2 Å². The Morgan fingerprint density at radius 1 is 1.19 bits per heavy atom. The van der Waals surface area contributed by atoms with Crippen molar-refractivity contribution in [1.82, 2.24) is 9.59 Å². The van der Waals surface area contributed by atoms with E-state index in [-0.39, 0.29) is 6.54 Å². The average Bonchev–Trinajstić information content (AvgIpc) is 2.96. The molecule has 0 saturated heterocycles. The zero-order valence-corrected chi connectivity index (χ0v) is 12.9. The highest BCUT2D eigenvalue weighted by molar-refractivity contribution is 7.93. The summed E-state index contributed by atoms with van der Waals surface area (Å²) in [6.07, 6.45) is 0. The van der Waals surface area contributed by atoms with Gasteiger partial charge >= 0.3 is 0 Å². The smallest absolute Gasteiger partial charge is 0.259 e. The molecule has 1 aliphatic rings. The molecule has 0 saturated carbocycles. The van der Waals surface area contributed by atoms with Crippen molar-refractivity contribution in [1.29, 1.82) is 0 Å². The second-order valence-electron chi connectivity index (χ2n) is 4.64. The topological polar surface area (TPSA) is 63.2 Å². The Morgan fingerprint density at radius 3 is 2.67 bits per heavy atom. The molecule has 5 nitrogen and oxygen atoms in total. The molecular formula is C13H8ClN3O2S2. The van der Waals surface area contributed by atoms with Crippen LogP contribution in [0.2, 0.25) is 4.34 Å². The van der Waals surface area contributed by atoms with E-state index < -0.39 is 10.0 Å². The van der Waals surface area contributed by atoms with Crippen molar-refractivity contribution >= 4 is 49.6 Å². The summed E-state index contributed by atoms with van der Waals surface area (Å²) < 4.78 is 31.0. The van der Waals surface area contributed by atoms with Crippen LogP contribution in [0.5, 0.6) is 0 Å². The molecule has 0 aliphatic carbocycles. The zero-order chi connectivity index (χ0) is 14.6. The summed E-state index contributed by atoms with van der Waals surface area (Å²) >= 11 is 7.04. The van der Waals surface area contributed by atoms with Gasteiger partial charge in [-0.3, -0.25) is 4.31 Å². The maximum Gasteiger partial charge on any atom is 0.265 e. The van der Waals surface area contributed by atoms with Gasteiger partial charge in [0.25, 0.3) is 10.0 Å². The van der Waals surface area contributed by atoms with Crippen LogP contribution in [0, 0.1) is 0 Å². The van der Waals surface area contributed by atoms with Gasteiger partial charge in [0.15, 0.2) is 0 Å². The molecule has 21 heavy (non-hydrogen) atoms. The molecule has 0 bridgehead atoms. The first-order valence-electron chi connectivity index (χ1n) is 6.10. The van der Waals surface area contributed by atoms with E-state index in [2.05, 4.69) is 9.59 Å². The maximum absolute atomic E-state index is 12.7. The van der Waals surface area contributed by atoms with E-state index in [4.69, 9.17) is 11.6 Å². The molecule has 1 aromatic heterocycles. The van der Waals surface area contributed by atoms with E-state index in [0.717, 1.165) is 22.3 Å². The third-order valence-electron chi connectivity index (χ3n) is 3.48. The van der Waals surface area contributed by atoms with Crippen molar-refractivity contribution < 1.29 is 8.42 Å². The van der Waals surface area contributed by atoms with Gasteiger partial charge in [-0.2, -0.15) is 0 Å². The Labute approximate surface area is 130 Å². The number of nitrogens with zero attached hydrogens (tertiary/aromatic N) is 3. The van der Waals surface area contributed by atoms with Crippen molar-refractivity contribution in [3.05, 3.63) is 46.4 Å². The van der Waals surface area contributed by atoms with E-state index in [1.165, 1.54) is 4.31 Å². The van der Waals surface area contributed by atoms with Gasteiger partial charge in [-0.05, 0) is 17.5 Å². The molecule has 106 valence electrons. The number of halogens is 1. The molecule has 0 amide bonds. The van der Waals surface area contributed by atoms with Gasteiger partial charge in [-0.15, -0.1) is 5.10 Å². The van der Waals surface area contributed by atoms with Crippen LogP contribution in [0.1, 0.15) is 5.69 Å². The molecular weight excluding hydrogens is 330 g/mol. The quantitative estimate of drug-likeness (QED) is 0.721. The second kappa shape index (κ2) is 4.40. The van der Waals surface area contributed by atoms with Crippen LogP contribution < -0.4 is 4.31 Å². The predicted molar refractivity (Wildman–Crippen MR) is 82.2 cm³/mol. The van der Waals surface area contributed by atoms with Gasteiger partial charge in [-0.1, -0.05) is 40.4 Å². The summed E-state index contributed by atoms with van der Waals surface area (Å²) in [5.74, 6) is 0. The number of anilines is 1. The Hall–Kier alpha value is -1.70. The third kappa shape index (κ3) is 1.78.